The Labute approximate surface area is 155 Å². The molecule has 0 aromatic heterocycles. The zero-order valence-corrected chi connectivity index (χ0v) is 16.6. The Morgan fingerprint density at radius 3 is 2.27 bits per heavy atom. The number of carbonyl (C=O) groups excluding carboxylic acids is 1. The predicted molar refractivity (Wildman–Crippen MR) is 102 cm³/mol. The van der Waals surface area contributed by atoms with E-state index in [2.05, 4.69) is 4.72 Å². The number of nitrogens with one attached hydrogen (secondary N) is 1. The average Bonchev–Trinajstić information content (AvgIpc) is 2.61. The molecule has 0 bridgehead atoms. The van der Waals surface area contributed by atoms with Crippen LogP contribution in [0.5, 0.6) is 0 Å². The summed E-state index contributed by atoms with van der Waals surface area (Å²) in [6.45, 7) is 7.69. The maximum absolute atomic E-state index is 12.8. The summed E-state index contributed by atoms with van der Waals surface area (Å²) < 4.78 is 33.1. The summed E-state index contributed by atoms with van der Waals surface area (Å²) in [6.07, 6.45) is 0.609. The molecule has 0 radical (unpaired) electrons. The Bertz CT molecular complexity index is 919. The lowest BCUT2D eigenvalue weighted by atomic mass is 10.0. The summed E-state index contributed by atoms with van der Waals surface area (Å²) in [7, 11) is -2.51. The lowest BCUT2D eigenvalue weighted by Crippen LogP contribution is -2.28. The molecule has 2 rings (SSSR count). The van der Waals surface area contributed by atoms with E-state index in [0.717, 1.165) is 16.7 Å². The number of benzene rings is 2. The average molecular weight is 375 g/mol. The van der Waals surface area contributed by atoms with Gasteiger partial charge < -0.3 is 4.74 Å². The van der Waals surface area contributed by atoms with E-state index in [-0.39, 0.29) is 16.5 Å². The van der Waals surface area contributed by atoms with Gasteiger partial charge in [-0.05, 0) is 61.6 Å². The second-order valence-electron chi connectivity index (χ2n) is 6.39. The monoisotopic (exact) mass is 375 g/mol. The second kappa shape index (κ2) is 8.01. The largest absolute Gasteiger partial charge is 0.465 e. The van der Waals surface area contributed by atoms with E-state index in [0.29, 0.717) is 12.0 Å². The molecule has 1 atom stereocenters. The molecule has 6 heteroatoms. The Balaban J connectivity index is 2.37. The molecule has 5 nitrogen and oxygen atoms in total. The Hall–Kier alpha value is -2.18. The molecule has 0 aliphatic heterocycles. The molecule has 0 unspecified atom stereocenters. The fourth-order valence-electron chi connectivity index (χ4n) is 2.72. The van der Waals surface area contributed by atoms with Crippen LogP contribution < -0.4 is 4.72 Å². The zero-order valence-electron chi connectivity index (χ0n) is 15.8. The van der Waals surface area contributed by atoms with Gasteiger partial charge in [0.1, 0.15) is 0 Å². The Kier molecular flexibility index (Phi) is 6.21. The number of hydrogen-bond acceptors (Lipinski definition) is 4. The number of methoxy groups -OCH3 is 1. The lowest BCUT2D eigenvalue weighted by Gasteiger charge is -2.19. The number of ether oxygens (including phenoxy) is 1. The van der Waals surface area contributed by atoms with Crippen molar-refractivity contribution >= 4 is 16.0 Å². The highest BCUT2D eigenvalue weighted by molar-refractivity contribution is 7.89. The molecule has 140 valence electrons. The number of hydrogen-bond donors (Lipinski definition) is 1. The minimum Gasteiger partial charge on any atom is -0.465 e. The molecule has 0 saturated heterocycles. The van der Waals surface area contributed by atoms with Crippen LogP contribution in [0.2, 0.25) is 0 Å². The molecular formula is C20H25NO4S. The zero-order chi connectivity index (χ0) is 19.5. The quantitative estimate of drug-likeness (QED) is 0.779. The van der Waals surface area contributed by atoms with Gasteiger partial charge in [0, 0.05) is 6.04 Å². The van der Waals surface area contributed by atoms with Gasteiger partial charge >= 0.3 is 5.97 Å². The van der Waals surface area contributed by atoms with Crippen LogP contribution in [0.15, 0.2) is 41.3 Å². The first kappa shape index (κ1) is 20.1. The van der Waals surface area contributed by atoms with Gasteiger partial charge in [-0.2, -0.15) is 0 Å². The number of rotatable bonds is 6. The summed E-state index contributed by atoms with van der Waals surface area (Å²) >= 11 is 0. The van der Waals surface area contributed by atoms with Gasteiger partial charge in [0.15, 0.2) is 0 Å². The maximum atomic E-state index is 12.8. The van der Waals surface area contributed by atoms with Crippen LogP contribution in [0.25, 0.3) is 0 Å². The normalized spacial score (nSPS) is 12.7. The van der Waals surface area contributed by atoms with Gasteiger partial charge in [-0.15, -0.1) is 0 Å². The molecule has 0 heterocycles. The van der Waals surface area contributed by atoms with Crippen LogP contribution in [0.1, 0.15) is 52.0 Å². The first-order valence-corrected chi connectivity index (χ1v) is 9.96. The highest BCUT2D eigenvalue weighted by atomic mass is 32.2. The topological polar surface area (TPSA) is 72.5 Å². The third kappa shape index (κ3) is 4.31. The van der Waals surface area contributed by atoms with Crippen LogP contribution in [0, 0.1) is 20.8 Å². The van der Waals surface area contributed by atoms with Crippen molar-refractivity contribution < 1.29 is 17.9 Å². The lowest BCUT2D eigenvalue weighted by molar-refractivity contribution is 0.0599. The molecule has 0 spiro atoms. The Morgan fingerprint density at radius 1 is 1.04 bits per heavy atom. The van der Waals surface area contributed by atoms with E-state index in [9.17, 15) is 13.2 Å². The van der Waals surface area contributed by atoms with E-state index < -0.39 is 16.0 Å². The van der Waals surface area contributed by atoms with Crippen LogP contribution in [0.4, 0.5) is 0 Å². The van der Waals surface area contributed by atoms with E-state index in [1.807, 2.05) is 39.0 Å². The molecule has 0 aliphatic carbocycles. The van der Waals surface area contributed by atoms with Gasteiger partial charge in [0.05, 0.1) is 17.6 Å². The van der Waals surface area contributed by atoms with Gasteiger partial charge in [-0.25, -0.2) is 17.9 Å². The van der Waals surface area contributed by atoms with Crippen LogP contribution >= 0.6 is 0 Å². The first-order chi connectivity index (χ1) is 12.2. The minimum atomic E-state index is -3.78. The smallest absolute Gasteiger partial charge is 0.338 e. The van der Waals surface area contributed by atoms with E-state index in [4.69, 9.17) is 4.74 Å². The summed E-state index contributed by atoms with van der Waals surface area (Å²) in [5, 5.41) is 0. The van der Waals surface area contributed by atoms with Crippen LogP contribution in [-0.2, 0) is 14.8 Å². The highest BCUT2D eigenvalue weighted by Crippen LogP contribution is 2.23. The van der Waals surface area contributed by atoms with Crippen molar-refractivity contribution in [2.45, 2.75) is 45.1 Å². The van der Waals surface area contributed by atoms with Crippen molar-refractivity contribution in [3.05, 3.63) is 64.2 Å². The van der Waals surface area contributed by atoms with Crippen LogP contribution in [-0.4, -0.2) is 21.5 Å². The van der Waals surface area contributed by atoms with E-state index >= 15 is 0 Å². The highest BCUT2D eigenvalue weighted by Gasteiger charge is 2.22. The summed E-state index contributed by atoms with van der Waals surface area (Å²) in [4.78, 5) is 11.9. The third-order valence-electron chi connectivity index (χ3n) is 4.56. The predicted octanol–water partition coefficient (Wildman–Crippen LogP) is 3.83. The number of aryl methyl sites for hydroxylation is 3. The molecule has 2 aromatic rings. The SMILES string of the molecule is CC[C@H](NS(=O)(=O)c1ccc(C)c(C(=O)OC)c1)c1ccc(C)c(C)c1. The van der Waals surface area contributed by atoms with Crippen molar-refractivity contribution in [2.75, 3.05) is 7.11 Å². The van der Waals surface area contributed by atoms with Crippen molar-refractivity contribution in [3.63, 3.8) is 0 Å². The van der Waals surface area contributed by atoms with Gasteiger partial charge in [0.2, 0.25) is 10.0 Å². The number of carbonyl (C=O) groups is 1. The van der Waals surface area contributed by atoms with E-state index in [1.165, 1.54) is 19.2 Å². The van der Waals surface area contributed by atoms with Crippen molar-refractivity contribution in [1.29, 1.82) is 0 Å². The molecule has 0 saturated carbocycles. The van der Waals surface area contributed by atoms with E-state index in [1.54, 1.807) is 13.0 Å². The molecule has 0 fully saturated rings. The van der Waals surface area contributed by atoms with Crippen molar-refractivity contribution in [3.8, 4) is 0 Å². The van der Waals surface area contributed by atoms with Gasteiger partial charge in [-0.1, -0.05) is 31.2 Å². The first-order valence-electron chi connectivity index (χ1n) is 8.48. The molecular weight excluding hydrogens is 350 g/mol. The molecule has 2 aromatic carbocycles. The fourth-order valence-corrected chi connectivity index (χ4v) is 4.06. The third-order valence-corrected chi connectivity index (χ3v) is 6.03. The molecule has 26 heavy (non-hydrogen) atoms. The molecule has 1 N–H and O–H groups in total. The minimum absolute atomic E-state index is 0.0470. The molecule has 0 amide bonds. The van der Waals surface area contributed by atoms with Gasteiger partial charge in [-0.3, -0.25) is 0 Å². The van der Waals surface area contributed by atoms with Crippen molar-refractivity contribution in [2.24, 2.45) is 0 Å². The standard InChI is InChI=1S/C20H25NO4S/c1-6-19(16-9-7-13(2)15(4)11-16)21-26(23,24)17-10-8-14(3)18(12-17)20(22)25-5/h7-12,19,21H,6H2,1-5H3/t19-/m0/s1. The molecule has 0 aliphatic rings. The summed E-state index contributed by atoms with van der Waals surface area (Å²) in [6, 6.07) is 10.0. The van der Waals surface area contributed by atoms with Crippen LogP contribution in [0.3, 0.4) is 0 Å². The summed E-state index contributed by atoms with van der Waals surface area (Å²) in [5.41, 5.74) is 4.10. The fraction of sp³-hybridized carbons (Fsp3) is 0.350. The van der Waals surface area contributed by atoms with Gasteiger partial charge in [0.25, 0.3) is 0 Å². The number of sulfonamides is 1. The second-order valence-corrected chi connectivity index (χ2v) is 8.11. The Morgan fingerprint density at radius 2 is 1.69 bits per heavy atom. The maximum Gasteiger partial charge on any atom is 0.338 e. The van der Waals surface area contributed by atoms with Crippen molar-refractivity contribution in [1.82, 2.24) is 4.72 Å². The number of esters is 1. The summed E-state index contributed by atoms with van der Waals surface area (Å²) in [5.74, 6) is -0.555.